The maximum absolute atomic E-state index is 15.0. The average molecular weight is 754 g/mol. The molecule has 2 aromatic rings. The number of esters is 2. The molecule has 0 spiro atoms. The van der Waals surface area contributed by atoms with Crippen molar-refractivity contribution >= 4 is 29.4 Å². The standard InChI is InChI=1S/C42H56FNO10/c1-9-28(4)13-12-15-38(46)53-26-42(5,6)39(47)40(48)44-20-11-10-14-33(44)41(49)54-35(18-16-29-17-19-36(50-7)37(21-29)51-8)30-22-31(43)24-32(23-30)52-25-34(45)27(2)3/h12,15,17,19,21-24,27-28,33,35H,9-11,13-14,16,18,20,25-26H2,1-8H3/b15-12-/t28?,33-,35-/m0/s1. The molecule has 1 saturated heterocycles. The summed E-state index contributed by atoms with van der Waals surface area (Å²) in [5.74, 6) is -2.56. The highest BCUT2D eigenvalue weighted by Crippen LogP contribution is 2.33. The van der Waals surface area contributed by atoms with Crippen molar-refractivity contribution in [3.05, 3.63) is 65.5 Å². The van der Waals surface area contributed by atoms with E-state index in [1.165, 1.54) is 51.2 Å². The number of ether oxygens (including phenoxy) is 5. The van der Waals surface area contributed by atoms with Gasteiger partial charge in [-0.25, -0.2) is 14.0 Å². The van der Waals surface area contributed by atoms with E-state index in [1.807, 2.05) is 6.07 Å². The first-order chi connectivity index (χ1) is 25.6. The molecule has 1 unspecified atom stereocenters. The molecule has 0 aliphatic carbocycles. The van der Waals surface area contributed by atoms with E-state index >= 15 is 4.39 Å². The summed E-state index contributed by atoms with van der Waals surface area (Å²) in [6.07, 6.45) is 5.76. The molecule has 0 radical (unpaired) electrons. The van der Waals surface area contributed by atoms with Gasteiger partial charge in [0.15, 0.2) is 17.3 Å². The smallest absolute Gasteiger partial charge is 0.330 e. The molecule has 54 heavy (non-hydrogen) atoms. The number of carbonyl (C=O) groups is 5. The van der Waals surface area contributed by atoms with Crippen LogP contribution in [-0.4, -0.2) is 74.3 Å². The quantitative estimate of drug-likeness (QED) is 0.0778. The maximum atomic E-state index is 15.0. The highest BCUT2D eigenvalue weighted by atomic mass is 19.1. The van der Waals surface area contributed by atoms with Gasteiger partial charge >= 0.3 is 11.9 Å². The molecule has 3 atom stereocenters. The van der Waals surface area contributed by atoms with Crippen molar-refractivity contribution in [2.45, 2.75) is 98.6 Å². The Balaban J connectivity index is 1.83. The number of likely N-dealkylation sites (tertiary alicyclic amines) is 1. The second-order valence-corrected chi connectivity index (χ2v) is 14.8. The largest absolute Gasteiger partial charge is 0.493 e. The number of methoxy groups -OCH3 is 2. The van der Waals surface area contributed by atoms with Gasteiger partial charge in [0.2, 0.25) is 5.78 Å². The first-order valence-electron chi connectivity index (χ1n) is 18.7. The molecule has 11 nitrogen and oxygen atoms in total. The molecule has 0 bridgehead atoms. The lowest BCUT2D eigenvalue weighted by Gasteiger charge is -2.36. The van der Waals surface area contributed by atoms with Gasteiger partial charge in [0.25, 0.3) is 5.91 Å². The monoisotopic (exact) mass is 753 g/mol. The Hall–Kier alpha value is -4.74. The number of Topliss-reactive ketones (excluding diaryl/α,β-unsaturated/α-hetero) is 2. The average Bonchev–Trinajstić information content (AvgIpc) is 3.16. The predicted octanol–water partition coefficient (Wildman–Crippen LogP) is 7.18. The Morgan fingerprint density at radius 3 is 2.37 bits per heavy atom. The summed E-state index contributed by atoms with van der Waals surface area (Å²) >= 11 is 0. The number of halogens is 1. The molecule has 1 amide bonds. The molecular weight excluding hydrogens is 697 g/mol. The van der Waals surface area contributed by atoms with Crippen LogP contribution in [0.1, 0.15) is 97.3 Å². The fraction of sp³-hybridized carbons (Fsp3) is 0.548. The first kappa shape index (κ1) is 43.7. The molecule has 0 saturated carbocycles. The third-order valence-corrected chi connectivity index (χ3v) is 9.60. The van der Waals surface area contributed by atoms with Crippen LogP contribution < -0.4 is 14.2 Å². The molecule has 1 aliphatic heterocycles. The van der Waals surface area contributed by atoms with Gasteiger partial charge in [-0.3, -0.25) is 14.4 Å². The number of hydrogen-bond acceptors (Lipinski definition) is 10. The van der Waals surface area contributed by atoms with Gasteiger partial charge in [-0.1, -0.05) is 46.3 Å². The van der Waals surface area contributed by atoms with Gasteiger partial charge in [0, 0.05) is 24.6 Å². The number of rotatable bonds is 20. The second kappa shape index (κ2) is 20.6. The van der Waals surface area contributed by atoms with E-state index in [9.17, 15) is 24.0 Å². The molecule has 0 N–H and O–H groups in total. The third-order valence-electron chi connectivity index (χ3n) is 9.60. The highest BCUT2D eigenvalue weighted by Gasteiger charge is 2.42. The number of ketones is 2. The zero-order valence-corrected chi connectivity index (χ0v) is 32.9. The summed E-state index contributed by atoms with van der Waals surface area (Å²) in [5.41, 5.74) is -0.236. The number of hydrogen-bond donors (Lipinski definition) is 0. The second-order valence-electron chi connectivity index (χ2n) is 14.8. The van der Waals surface area contributed by atoms with Crippen LogP contribution in [0.5, 0.6) is 17.2 Å². The van der Waals surface area contributed by atoms with Crippen LogP contribution in [0, 0.1) is 23.1 Å². The highest BCUT2D eigenvalue weighted by molar-refractivity contribution is 6.38. The van der Waals surface area contributed by atoms with E-state index in [0.29, 0.717) is 48.7 Å². The SMILES string of the molecule is CCC(C)C/C=C\C(=O)OCC(C)(C)C(=O)C(=O)N1CCCC[C@H]1C(=O)O[C@@H](CCc1ccc(OC)c(OC)c1)c1cc(F)cc(OCC(=O)C(C)C)c1. The number of aryl methyl sites for hydroxylation is 1. The van der Waals surface area contributed by atoms with Gasteiger partial charge in [0.05, 0.1) is 19.6 Å². The number of piperidine rings is 1. The van der Waals surface area contributed by atoms with Gasteiger partial charge in [0.1, 0.15) is 36.9 Å². The summed E-state index contributed by atoms with van der Waals surface area (Å²) in [6.45, 7) is 10.2. The minimum absolute atomic E-state index is 0.0974. The van der Waals surface area contributed by atoms with Gasteiger partial charge in [-0.15, -0.1) is 0 Å². The summed E-state index contributed by atoms with van der Waals surface area (Å²) in [6, 6.07) is 8.23. The molecule has 0 aromatic heterocycles. The predicted molar refractivity (Wildman–Crippen MR) is 201 cm³/mol. The Kier molecular flexibility index (Phi) is 16.7. The van der Waals surface area contributed by atoms with E-state index in [4.69, 9.17) is 23.7 Å². The molecule has 2 aromatic carbocycles. The maximum Gasteiger partial charge on any atom is 0.330 e. The van der Waals surface area contributed by atoms with Crippen LogP contribution in [0.25, 0.3) is 0 Å². The minimum Gasteiger partial charge on any atom is -0.493 e. The van der Waals surface area contributed by atoms with Crippen molar-refractivity contribution in [1.82, 2.24) is 4.90 Å². The Morgan fingerprint density at radius 2 is 1.70 bits per heavy atom. The van der Waals surface area contributed by atoms with Crippen molar-refractivity contribution in [1.29, 1.82) is 0 Å². The zero-order valence-electron chi connectivity index (χ0n) is 32.9. The molecule has 296 valence electrons. The van der Waals surface area contributed by atoms with Crippen molar-refractivity contribution in [2.24, 2.45) is 17.3 Å². The fourth-order valence-corrected chi connectivity index (χ4v) is 5.79. The zero-order chi connectivity index (χ0) is 40.0. The van der Waals surface area contributed by atoms with Crippen LogP contribution >= 0.6 is 0 Å². The lowest BCUT2D eigenvalue weighted by atomic mass is 9.87. The summed E-state index contributed by atoms with van der Waals surface area (Å²) in [7, 11) is 3.05. The van der Waals surface area contributed by atoms with Crippen molar-refractivity contribution in [3.63, 3.8) is 0 Å². The summed E-state index contributed by atoms with van der Waals surface area (Å²) in [5, 5.41) is 0. The van der Waals surface area contributed by atoms with Crippen LogP contribution in [0.2, 0.25) is 0 Å². The summed E-state index contributed by atoms with van der Waals surface area (Å²) in [4.78, 5) is 67.1. The lowest BCUT2D eigenvalue weighted by molar-refractivity contribution is -0.165. The van der Waals surface area contributed by atoms with E-state index in [1.54, 1.807) is 32.1 Å². The normalized spacial score (nSPS) is 15.7. The van der Waals surface area contributed by atoms with Crippen LogP contribution in [0.3, 0.4) is 0 Å². The van der Waals surface area contributed by atoms with Crippen molar-refractivity contribution < 1.29 is 52.0 Å². The van der Waals surface area contributed by atoms with Gasteiger partial charge in [-0.05, 0) is 93.7 Å². The lowest BCUT2D eigenvalue weighted by Crippen LogP contribution is -2.53. The molecule has 3 rings (SSSR count). The number of carbonyl (C=O) groups excluding carboxylic acids is 5. The fourth-order valence-electron chi connectivity index (χ4n) is 5.79. The Labute approximate surface area is 318 Å². The Morgan fingerprint density at radius 1 is 0.981 bits per heavy atom. The number of amides is 1. The molecule has 1 heterocycles. The van der Waals surface area contributed by atoms with E-state index in [0.717, 1.165) is 18.1 Å². The van der Waals surface area contributed by atoms with Gasteiger partial charge in [-0.2, -0.15) is 0 Å². The Bertz CT molecular complexity index is 1650. The summed E-state index contributed by atoms with van der Waals surface area (Å²) < 4.78 is 42.9. The van der Waals surface area contributed by atoms with E-state index in [-0.39, 0.29) is 50.1 Å². The topological polar surface area (TPSA) is 135 Å². The minimum atomic E-state index is -1.36. The van der Waals surface area contributed by atoms with Crippen LogP contribution in [-0.2, 0) is 39.9 Å². The number of allylic oxidation sites excluding steroid dienone is 1. The number of benzene rings is 2. The van der Waals surface area contributed by atoms with E-state index < -0.39 is 47.0 Å². The van der Waals surface area contributed by atoms with Crippen molar-refractivity contribution in [2.75, 3.05) is 34.0 Å². The van der Waals surface area contributed by atoms with Crippen molar-refractivity contribution in [3.8, 4) is 17.2 Å². The first-order valence-corrected chi connectivity index (χ1v) is 18.7. The molecule has 1 fully saturated rings. The van der Waals surface area contributed by atoms with Crippen LogP contribution in [0.4, 0.5) is 4.39 Å². The van der Waals surface area contributed by atoms with Crippen LogP contribution in [0.15, 0.2) is 48.6 Å². The molecule has 1 aliphatic rings. The number of nitrogens with zero attached hydrogens (tertiary/aromatic N) is 1. The van der Waals surface area contributed by atoms with E-state index in [2.05, 4.69) is 13.8 Å². The van der Waals surface area contributed by atoms with Gasteiger partial charge < -0.3 is 28.6 Å². The molecule has 12 heteroatoms. The molecular formula is C42H56FNO10. The third kappa shape index (κ3) is 12.7.